The van der Waals surface area contributed by atoms with Crippen LogP contribution in [0, 0.1) is 0 Å². The van der Waals surface area contributed by atoms with Crippen molar-refractivity contribution in [2.75, 3.05) is 6.61 Å². The van der Waals surface area contributed by atoms with Gasteiger partial charge in [0.25, 0.3) is 0 Å². The first-order chi connectivity index (χ1) is 4.57. The summed E-state index contributed by atoms with van der Waals surface area (Å²) in [5.41, 5.74) is 5.22. The zero-order valence-electron chi connectivity index (χ0n) is 5.74. The topological polar surface area (TPSA) is 95.6 Å². The number of carboxylic acid groups (broad SMARTS) is 1. The fourth-order valence-corrected chi connectivity index (χ4v) is 0.519. The van der Waals surface area contributed by atoms with E-state index in [9.17, 15) is 4.79 Å². The van der Waals surface area contributed by atoms with Crippen molar-refractivity contribution in [1.29, 1.82) is 0 Å². The van der Waals surface area contributed by atoms with E-state index in [2.05, 4.69) is 5.32 Å². The summed E-state index contributed by atoms with van der Waals surface area (Å²) in [6.07, 6.45) is -0.423. The number of hydrogen-bond donors (Lipinski definition) is 4. The van der Waals surface area contributed by atoms with Crippen LogP contribution in [-0.4, -0.2) is 35.0 Å². The summed E-state index contributed by atoms with van der Waals surface area (Å²) in [5.74, 6) is -1.10. The molecular formula is C5H12N2O3. The van der Waals surface area contributed by atoms with Gasteiger partial charge in [-0.1, -0.05) is 0 Å². The van der Waals surface area contributed by atoms with Gasteiger partial charge in [0.05, 0.1) is 12.8 Å². The lowest BCUT2D eigenvalue weighted by Crippen LogP contribution is -2.48. The molecule has 60 valence electrons. The molecular weight excluding hydrogens is 136 g/mol. The van der Waals surface area contributed by atoms with Crippen molar-refractivity contribution in [3.8, 4) is 0 Å². The highest BCUT2D eigenvalue weighted by Crippen LogP contribution is 1.82. The minimum absolute atomic E-state index is 0.423. The molecule has 2 unspecified atom stereocenters. The van der Waals surface area contributed by atoms with Crippen molar-refractivity contribution in [2.24, 2.45) is 5.73 Å². The molecule has 0 aliphatic rings. The van der Waals surface area contributed by atoms with Crippen molar-refractivity contribution in [2.45, 2.75) is 19.1 Å². The molecule has 10 heavy (non-hydrogen) atoms. The van der Waals surface area contributed by atoms with Crippen LogP contribution in [0.5, 0.6) is 0 Å². The third kappa shape index (κ3) is 3.39. The molecule has 0 saturated carbocycles. The quantitative estimate of drug-likeness (QED) is 0.357. The van der Waals surface area contributed by atoms with Gasteiger partial charge in [-0.25, -0.2) is 0 Å². The second-order valence-corrected chi connectivity index (χ2v) is 2.03. The molecule has 0 heterocycles. The van der Waals surface area contributed by atoms with Crippen LogP contribution in [0.25, 0.3) is 0 Å². The van der Waals surface area contributed by atoms with E-state index in [1.165, 1.54) is 0 Å². The van der Waals surface area contributed by atoms with Crippen molar-refractivity contribution < 1.29 is 15.0 Å². The average Bonchev–Trinajstić information content (AvgIpc) is 1.81. The van der Waals surface area contributed by atoms with Crippen LogP contribution in [0.3, 0.4) is 0 Å². The maximum Gasteiger partial charge on any atom is 0.323 e. The molecule has 0 radical (unpaired) electrons. The highest BCUT2D eigenvalue weighted by molar-refractivity contribution is 5.73. The Hall–Kier alpha value is -0.650. The third-order valence-corrected chi connectivity index (χ3v) is 0.945. The normalized spacial score (nSPS) is 16.3. The van der Waals surface area contributed by atoms with Gasteiger partial charge in [-0.15, -0.1) is 0 Å². The molecule has 0 fully saturated rings. The fourth-order valence-electron chi connectivity index (χ4n) is 0.519. The molecule has 5 N–H and O–H groups in total. The first-order valence-electron chi connectivity index (χ1n) is 2.93. The summed E-state index contributed by atoms with van der Waals surface area (Å²) in [6.45, 7) is 1.16. The summed E-state index contributed by atoms with van der Waals surface area (Å²) in [4.78, 5) is 10.2. The number of carbonyl (C=O) groups is 1. The number of hydrogen-bond acceptors (Lipinski definition) is 4. The molecule has 0 aromatic rings. The summed E-state index contributed by atoms with van der Waals surface area (Å²) in [7, 11) is 0. The van der Waals surface area contributed by atoms with Gasteiger partial charge in [-0.3, -0.25) is 10.1 Å². The molecule has 5 heteroatoms. The van der Waals surface area contributed by atoms with Crippen molar-refractivity contribution in [3.63, 3.8) is 0 Å². The Kier molecular flexibility index (Phi) is 3.94. The standard InChI is InChI=1S/C5H12N2O3/c1-3(6)7-4(2-8)5(9)10/h3-4,7-8H,2,6H2,1H3,(H,9,10). The second-order valence-electron chi connectivity index (χ2n) is 2.03. The van der Waals surface area contributed by atoms with E-state index >= 15 is 0 Å². The van der Waals surface area contributed by atoms with Gasteiger partial charge >= 0.3 is 5.97 Å². The zero-order valence-corrected chi connectivity index (χ0v) is 5.74. The summed E-state index contributed by atoms with van der Waals surface area (Å²) >= 11 is 0. The lowest BCUT2D eigenvalue weighted by molar-refractivity contribution is -0.140. The Balaban J connectivity index is 3.72. The van der Waals surface area contributed by atoms with Crippen molar-refractivity contribution >= 4 is 5.97 Å². The van der Waals surface area contributed by atoms with Crippen LogP contribution in [-0.2, 0) is 4.79 Å². The predicted molar refractivity (Wildman–Crippen MR) is 35.3 cm³/mol. The first-order valence-corrected chi connectivity index (χ1v) is 2.93. The van der Waals surface area contributed by atoms with Gasteiger partial charge in [0.1, 0.15) is 6.04 Å². The Morgan fingerprint density at radius 1 is 1.80 bits per heavy atom. The number of aliphatic carboxylic acids is 1. The van der Waals surface area contributed by atoms with Gasteiger partial charge in [0, 0.05) is 0 Å². The predicted octanol–water partition coefficient (Wildman–Crippen LogP) is -1.67. The molecule has 0 spiro atoms. The minimum atomic E-state index is -1.10. The Bertz CT molecular complexity index is 115. The minimum Gasteiger partial charge on any atom is -0.480 e. The molecule has 0 saturated heterocycles. The Morgan fingerprint density at radius 2 is 2.30 bits per heavy atom. The number of nitrogens with two attached hydrogens (primary N) is 1. The van der Waals surface area contributed by atoms with E-state index < -0.39 is 24.8 Å². The average molecular weight is 148 g/mol. The Morgan fingerprint density at radius 3 is 2.40 bits per heavy atom. The Labute approximate surface area is 58.8 Å². The molecule has 0 bridgehead atoms. The van der Waals surface area contributed by atoms with Crippen LogP contribution < -0.4 is 11.1 Å². The van der Waals surface area contributed by atoms with Gasteiger partial charge in [-0.05, 0) is 6.92 Å². The van der Waals surface area contributed by atoms with Crippen LogP contribution in [0.15, 0.2) is 0 Å². The smallest absolute Gasteiger partial charge is 0.323 e. The van der Waals surface area contributed by atoms with E-state index in [4.69, 9.17) is 15.9 Å². The van der Waals surface area contributed by atoms with Gasteiger partial charge in [0.2, 0.25) is 0 Å². The molecule has 5 nitrogen and oxygen atoms in total. The molecule has 0 aromatic carbocycles. The molecule has 0 aliphatic carbocycles. The third-order valence-electron chi connectivity index (χ3n) is 0.945. The SMILES string of the molecule is CC(N)NC(CO)C(=O)O. The fraction of sp³-hybridized carbons (Fsp3) is 0.800. The van der Waals surface area contributed by atoms with E-state index in [1.807, 2.05) is 0 Å². The number of aliphatic hydroxyl groups excluding tert-OH is 1. The zero-order chi connectivity index (χ0) is 8.15. The summed E-state index contributed by atoms with van der Waals surface area (Å²) in [5, 5.41) is 19.2. The maximum atomic E-state index is 10.2. The number of rotatable bonds is 4. The van der Waals surface area contributed by atoms with Crippen LogP contribution in [0.2, 0.25) is 0 Å². The second kappa shape index (κ2) is 4.21. The van der Waals surface area contributed by atoms with Crippen LogP contribution >= 0.6 is 0 Å². The summed E-state index contributed by atoms with van der Waals surface area (Å²) < 4.78 is 0. The van der Waals surface area contributed by atoms with Gasteiger partial charge in [-0.2, -0.15) is 0 Å². The largest absolute Gasteiger partial charge is 0.480 e. The van der Waals surface area contributed by atoms with Crippen LogP contribution in [0.1, 0.15) is 6.92 Å². The molecule has 0 rings (SSSR count). The van der Waals surface area contributed by atoms with Crippen LogP contribution in [0.4, 0.5) is 0 Å². The maximum absolute atomic E-state index is 10.2. The molecule has 2 atom stereocenters. The monoisotopic (exact) mass is 148 g/mol. The number of nitrogens with one attached hydrogen (secondary N) is 1. The number of aliphatic hydroxyl groups is 1. The van der Waals surface area contributed by atoms with Gasteiger partial charge in [0.15, 0.2) is 0 Å². The van der Waals surface area contributed by atoms with E-state index in [-0.39, 0.29) is 0 Å². The van der Waals surface area contributed by atoms with Crippen molar-refractivity contribution in [3.05, 3.63) is 0 Å². The summed E-state index contributed by atoms with van der Waals surface area (Å²) in [6, 6.07) is -0.958. The van der Waals surface area contributed by atoms with Crippen molar-refractivity contribution in [1.82, 2.24) is 5.32 Å². The molecule has 0 aliphatic heterocycles. The lowest BCUT2D eigenvalue weighted by Gasteiger charge is -2.13. The lowest BCUT2D eigenvalue weighted by atomic mass is 10.3. The first kappa shape index (κ1) is 9.35. The van der Waals surface area contributed by atoms with E-state index in [0.29, 0.717) is 0 Å². The number of carboxylic acids is 1. The molecule has 0 amide bonds. The van der Waals surface area contributed by atoms with Gasteiger partial charge < -0.3 is 15.9 Å². The highest BCUT2D eigenvalue weighted by Gasteiger charge is 2.15. The van der Waals surface area contributed by atoms with E-state index in [1.54, 1.807) is 6.92 Å². The van der Waals surface area contributed by atoms with E-state index in [0.717, 1.165) is 0 Å². The highest BCUT2D eigenvalue weighted by atomic mass is 16.4. The molecule has 0 aromatic heterocycles.